The van der Waals surface area contributed by atoms with Crippen molar-refractivity contribution >= 4 is 5.91 Å². The van der Waals surface area contributed by atoms with Gasteiger partial charge in [-0.25, -0.2) is 9.97 Å². The summed E-state index contributed by atoms with van der Waals surface area (Å²) in [6, 6.07) is 3.54. The van der Waals surface area contributed by atoms with Crippen molar-refractivity contribution in [3.63, 3.8) is 0 Å². The summed E-state index contributed by atoms with van der Waals surface area (Å²) in [7, 11) is 1.78. The number of hydrogen-bond acceptors (Lipinski definition) is 5. The van der Waals surface area contributed by atoms with E-state index in [0.29, 0.717) is 17.9 Å². The average molecular weight is 330 g/mol. The van der Waals surface area contributed by atoms with Crippen molar-refractivity contribution < 1.29 is 9.21 Å². The first-order valence-electron chi connectivity index (χ1n) is 8.32. The number of nitrogens with zero attached hydrogens (tertiary/aromatic N) is 4. The van der Waals surface area contributed by atoms with E-state index in [1.807, 2.05) is 26.0 Å². The third-order valence-electron chi connectivity index (χ3n) is 4.41. The van der Waals surface area contributed by atoms with E-state index < -0.39 is 0 Å². The molecule has 0 aliphatic heterocycles. The van der Waals surface area contributed by atoms with Gasteiger partial charge >= 0.3 is 0 Å². The molecule has 0 bridgehead atoms. The molecular formula is C18H26N4O2. The van der Waals surface area contributed by atoms with Crippen molar-refractivity contribution in [3.8, 4) is 0 Å². The minimum atomic E-state index is -0.138. The van der Waals surface area contributed by atoms with Crippen LogP contribution in [0.1, 0.15) is 54.4 Å². The normalized spacial score (nSPS) is 12.4. The monoisotopic (exact) mass is 330 g/mol. The summed E-state index contributed by atoms with van der Waals surface area (Å²) in [4.78, 5) is 24.9. The number of furan rings is 1. The molecule has 0 unspecified atom stereocenters. The first kappa shape index (κ1) is 18.1. The Morgan fingerprint density at radius 3 is 2.62 bits per heavy atom. The lowest BCUT2D eigenvalue weighted by Gasteiger charge is -2.24. The fraction of sp³-hybridized carbons (Fsp3) is 0.500. The summed E-state index contributed by atoms with van der Waals surface area (Å²) in [5.74, 6) is 1.42. The van der Waals surface area contributed by atoms with E-state index >= 15 is 0 Å². The van der Waals surface area contributed by atoms with Gasteiger partial charge in [0.1, 0.15) is 17.8 Å². The van der Waals surface area contributed by atoms with Gasteiger partial charge in [-0.3, -0.25) is 9.69 Å². The zero-order valence-electron chi connectivity index (χ0n) is 15.1. The van der Waals surface area contributed by atoms with Crippen LogP contribution in [0.2, 0.25) is 0 Å². The lowest BCUT2D eigenvalue weighted by Crippen LogP contribution is -2.30. The molecule has 2 rings (SSSR count). The highest BCUT2D eigenvalue weighted by Crippen LogP contribution is 2.22. The van der Waals surface area contributed by atoms with E-state index in [-0.39, 0.29) is 11.9 Å². The van der Waals surface area contributed by atoms with Crippen LogP contribution >= 0.6 is 0 Å². The Bertz CT molecular complexity index is 665. The number of carbonyl (C=O) groups excluding carboxylic acids is 1. The van der Waals surface area contributed by atoms with E-state index in [1.165, 1.54) is 6.33 Å². The first-order valence-corrected chi connectivity index (χ1v) is 8.32. The quantitative estimate of drug-likeness (QED) is 0.781. The standard InChI is InChI=1S/C18H26N4O2/c1-6-22(7-2)11-15-10-16(14(4)24-15)18(23)21(5)13(3)17-8-9-19-12-20-17/h8-10,12-13H,6-7,11H2,1-5H3/t13-/m1/s1. The molecule has 24 heavy (non-hydrogen) atoms. The number of hydrogen-bond donors (Lipinski definition) is 0. The lowest BCUT2D eigenvalue weighted by atomic mass is 10.1. The van der Waals surface area contributed by atoms with Crippen molar-refractivity contribution in [1.82, 2.24) is 19.8 Å². The van der Waals surface area contributed by atoms with Crippen LogP contribution in [0.3, 0.4) is 0 Å². The van der Waals surface area contributed by atoms with Gasteiger partial charge in [0, 0.05) is 13.2 Å². The SMILES string of the molecule is CCN(CC)Cc1cc(C(=O)N(C)[C@H](C)c2ccncn2)c(C)o1. The van der Waals surface area contributed by atoms with Crippen molar-refractivity contribution in [2.45, 2.75) is 40.3 Å². The van der Waals surface area contributed by atoms with Crippen LogP contribution in [-0.4, -0.2) is 45.8 Å². The summed E-state index contributed by atoms with van der Waals surface area (Å²) in [6.07, 6.45) is 3.18. The van der Waals surface area contributed by atoms with Gasteiger partial charge < -0.3 is 9.32 Å². The molecule has 0 aliphatic carbocycles. The van der Waals surface area contributed by atoms with E-state index in [1.54, 1.807) is 18.1 Å². The first-order chi connectivity index (χ1) is 11.5. The van der Waals surface area contributed by atoms with Gasteiger partial charge in [-0.1, -0.05) is 13.8 Å². The maximum Gasteiger partial charge on any atom is 0.257 e. The third kappa shape index (κ3) is 4.00. The van der Waals surface area contributed by atoms with Crippen LogP contribution in [0.4, 0.5) is 0 Å². The van der Waals surface area contributed by atoms with Gasteiger partial charge in [-0.15, -0.1) is 0 Å². The second kappa shape index (κ2) is 8.06. The van der Waals surface area contributed by atoms with E-state index in [4.69, 9.17) is 4.42 Å². The summed E-state index contributed by atoms with van der Waals surface area (Å²) in [6.45, 7) is 10.6. The largest absolute Gasteiger partial charge is 0.464 e. The van der Waals surface area contributed by atoms with Crippen LogP contribution < -0.4 is 0 Å². The number of aromatic nitrogens is 2. The minimum Gasteiger partial charge on any atom is -0.464 e. The number of amides is 1. The summed E-state index contributed by atoms with van der Waals surface area (Å²) < 4.78 is 5.79. The average Bonchev–Trinajstić information content (AvgIpc) is 2.98. The van der Waals surface area contributed by atoms with Crippen LogP contribution in [0.25, 0.3) is 0 Å². The number of carbonyl (C=O) groups is 1. The molecule has 1 amide bonds. The third-order valence-corrected chi connectivity index (χ3v) is 4.41. The van der Waals surface area contributed by atoms with Crippen molar-refractivity contribution in [3.05, 3.63) is 47.4 Å². The Morgan fingerprint density at radius 1 is 1.33 bits per heavy atom. The van der Waals surface area contributed by atoms with Crippen molar-refractivity contribution in [2.75, 3.05) is 20.1 Å². The summed E-state index contributed by atoms with van der Waals surface area (Å²) >= 11 is 0. The second-order valence-corrected chi connectivity index (χ2v) is 5.87. The highest BCUT2D eigenvalue weighted by Gasteiger charge is 2.24. The summed E-state index contributed by atoms with van der Waals surface area (Å²) in [5, 5.41) is 0. The molecule has 6 heteroatoms. The van der Waals surface area contributed by atoms with Gasteiger partial charge in [-0.2, -0.15) is 0 Å². The molecule has 0 radical (unpaired) electrons. The Morgan fingerprint density at radius 2 is 2.04 bits per heavy atom. The molecule has 0 fully saturated rings. The van der Waals surface area contributed by atoms with Crippen LogP contribution in [0.15, 0.2) is 29.1 Å². The Kier molecular flexibility index (Phi) is 6.09. The van der Waals surface area contributed by atoms with Crippen LogP contribution in [0, 0.1) is 6.92 Å². The molecule has 1 atom stereocenters. The van der Waals surface area contributed by atoms with Crippen molar-refractivity contribution in [2.24, 2.45) is 0 Å². The fourth-order valence-electron chi connectivity index (χ4n) is 2.61. The van der Waals surface area contributed by atoms with E-state index in [9.17, 15) is 4.79 Å². The molecule has 6 nitrogen and oxygen atoms in total. The topological polar surface area (TPSA) is 62.5 Å². The molecule has 0 spiro atoms. The molecular weight excluding hydrogens is 304 g/mol. The van der Waals surface area contributed by atoms with Crippen LogP contribution in [0.5, 0.6) is 0 Å². The maximum absolute atomic E-state index is 12.8. The summed E-state index contributed by atoms with van der Waals surface area (Å²) in [5.41, 5.74) is 1.42. The van der Waals surface area contributed by atoms with Gasteiger partial charge in [0.2, 0.25) is 0 Å². The second-order valence-electron chi connectivity index (χ2n) is 5.87. The van der Waals surface area contributed by atoms with Crippen LogP contribution in [-0.2, 0) is 6.54 Å². The van der Waals surface area contributed by atoms with Gasteiger partial charge in [-0.05, 0) is 39.1 Å². The van der Waals surface area contributed by atoms with Gasteiger partial charge in [0.05, 0.1) is 23.8 Å². The van der Waals surface area contributed by atoms with E-state index in [2.05, 4.69) is 28.7 Å². The minimum absolute atomic E-state index is 0.0619. The molecule has 2 heterocycles. The Hall–Kier alpha value is -2.21. The molecule has 0 saturated heterocycles. The van der Waals surface area contributed by atoms with Crippen molar-refractivity contribution in [1.29, 1.82) is 0 Å². The molecule has 0 aliphatic rings. The molecule has 2 aromatic heterocycles. The molecule has 0 saturated carbocycles. The fourth-order valence-corrected chi connectivity index (χ4v) is 2.61. The lowest BCUT2D eigenvalue weighted by molar-refractivity contribution is 0.0738. The van der Waals surface area contributed by atoms with Gasteiger partial charge in [0.15, 0.2) is 0 Å². The molecule has 130 valence electrons. The highest BCUT2D eigenvalue weighted by molar-refractivity contribution is 5.95. The molecule has 2 aromatic rings. The Balaban J connectivity index is 2.15. The number of rotatable bonds is 7. The zero-order valence-corrected chi connectivity index (χ0v) is 15.1. The van der Waals surface area contributed by atoms with E-state index in [0.717, 1.165) is 24.5 Å². The number of aryl methyl sites for hydroxylation is 1. The molecule has 0 aromatic carbocycles. The predicted octanol–water partition coefficient (Wildman–Crippen LogP) is 3.05. The Labute approximate surface area is 143 Å². The molecule has 0 N–H and O–H groups in total. The maximum atomic E-state index is 12.8. The van der Waals surface area contributed by atoms with Gasteiger partial charge in [0.25, 0.3) is 5.91 Å². The zero-order chi connectivity index (χ0) is 17.7. The smallest absolute Gasteiger partial charge is 0.257 e. The predicted molar refractivity (Wildman–Crippen MR) is 92.6 cm³/mol. The highest BCUT2D eigenvalue weighted by atomic mass is 16.3.